The third kappa shape index (κ3) is 3.42. The zero-order valence-electron chi connectivity index (χ0n) is 19.3. The lowest BCUT2D eigenvalue weighted by atomic mass is 9.93. The zero-order valence-corrected chi connectivity index (χ0v) is 20.0. The molecule has 1 aliphatic carbocycles. The average molecular weight is 518 g/mol. The van der Waals surface area contributed by atoms with Crippen molar-refractivity contribution in [2.45, 2.75) is 19.9 Å². The molecular formula is C27H17ClFN3O5. The average Bonchev–Trinajstić information content (AvgIpc) is 3.56. The Balaban J connectivity index is 1.69. The van der Waals surface area contributed by atoms with Crippen LogP contribution in [0.1, 0.15) is 39.8 Å². The molecule has 1 aliphatic rings. The standard InChI is InChI=1S/C27H17ClFN3O5/c1-13(33)32-20-9-15(18(28)8-14(20)11-30-32)12-31-21-10-19(29)16-6-7-37-26(16)24(21)23(25(31)27(35)36)17-4-2-3-5-22(17)34/h2-4,6-11H,5,12H2,1H3,(H,35,36). The van der Waals surface area contributed by atoms with Crippen LogP contribution >= 0.6 is 11.6 Å². The molecule has 5 aromatic rings. The van der Waals surface area contributed by atoms with Gasteiger partial charge in [0, 0.05) is 41.4 Å². The second-order valence-corrected chi connectivity index (χ2v) is 9.15. The lowest BCUT2D eigenvalue weighted by Gasteiger charge is -2.13. The van der Waals surface area contributed by atoms with Crippen molar-refractivity contribution in [3.05, 3.63) is 82.6 Å². The number of aromatic carboxylic acids is 1. The summed E-state index contributed by atoms with van der Waals surface area (Å²) in [5.41, 5.74) is 1.50. The van der Waals surface area contributed by atoms with Crippen LogP contribution in [0.5, 0.6) is 0 Å². The molecule has 0 aliphatic heterocycles. The van der Waals surface area contributed by atoms with Crippen LogP contribution < -0.4 is 0 Å². The van der Waals surface area contributed by atoms with Crippen LogP contribution in [-0.2, 0) is 11.3 Å². The fourth-order valence-electron chi connectivity index (χ4n) is 4.95. The number of carbonyl (C=O) groups excluding carboxylic acids is 2. The van der Waals surface area contributed by atoms with E-state index in [1.165, 1.54) is 40.8 Å². The number of carbonyl (C=O) groups is 3. The van der Waals surface area contributed by atoms with Crippen molar-refractivity contribution >= 4 is 67.6 Å². The normalized spacial score (nSPS) is 13.7. The lowest BCUT2D eigenvalue weighted by molar-refractivity contribution is -0.113. The Morgan fingerprint density at radius 2 is 2.05 bits per heavy atom. The number of aromatic nitrogens is 3. The molecule has 184 valence electrons. The Labute approximate surface area is 212 Å². The van der Waals surface area contributed by atoms with E-state index in [1.807, 2.05) is 0 Å². The highest BCUT2D eigenvalue weighted by Gasteiger charge is 2.31. The topological polar surface area (TPSA) is 107 Å². The van der Waals surface area contributed by atoms with Crippen molar-refractivity contribution in [1.29, 1.82) is 0 Å². The summed E-state index contributed by atoms with van der Waals surface area (Å²) in [7, 11) is 0. The van der Waals surface area contributed by atoms with Crippen molar-refractivity contribution in [3.63, 3.8) is 0 Å². The van der Waals surface area contributed by atoms with Crippen LogP contribution in [0.25, 0.3) is 38.3 Å². The van der Waals surface area contributed by atoms with Crippen molar-refractivity contribution < 1.29 is 28.3 Å². The Morgan fingerprint density at radius 1 is 1.24 bits per heavy atom. The molecule has 1 N–H and O–H groups in total. The van der Waals surface area contributed by atoms with Gasteiger partial charge >= 0.3 is 5.97 Å². The van der Waals surface area contributed by atoms with Gasteiger partial charge in [0.15, 0.2) is 5.78 Å². The molecular weight excluding hydrogens is 501 g/mol. The number of carboxylic acid groups (broad SMARTS) is 1. The molecule has 3 aromatic heterocycles. The molecule has 3 heterocycles. The first-order valence-corrected chi connectivity index (χ1v) is 11.7. The molecule has 0 saturated carbocycles. The monoisotopic (exact) mass is 517 g/mol. The van der Waals surface area contributed by atoms with E-state index in [1.54, 1.807) is 30.4 Å². The van der Waals surface area contributed by atoms with Crippen molar-refractivity contribution in [1.82, 2.24) is 14.3 Å². The fourth-order valence-corrected chi connectivity index (χ4v) is 5.18. The number of Topliss-reactive ketones (excluding diaryl/α,β-unsaturated/α-hetero) is 1. The third-order valence-corrected chi connectivity index (χ3v) is 6.91. The van der Waals surface area contributed by atoms with E-state index in [2.05, 4.69) is 5.10 Å². The molecule has 0 radical (unpaired) electrons. The molecule has 0 bridgehead atoms. The number of rotatable bonds is 4. The van der Waals surface area contributed by atoms with Crippen molar-refractivity contribution in [2.24, 2.45) is 0 Å². The van der Waals surface area contributed by atoms with E-state index in [-0.39, 0.29) is 58.0 Å². The Morgan fingerprint density at radius 3 is 2.78 bits per heavy atom. The number of carboxylic acids is 1. The van der Waals surface area contributed by atoms with Gasteiger partial charge in [-0.25, -0.2) is 13.9 Å². The molecule has 6 rings (SSSR count). The second kappa shape index (κ2) is 8.28. The molecule has 0 atom stereocenters. The number of fused-ring (bicyclic) bond motifs is 4. The maximum atomic E-state index is 15.1. The van der Waals surface area contributed by atoms with Crippen LogP contribution in [0.3, 0.4) is 0 Å². The Hall–Kier alpha value is -4.50. The number of allylic oxidation sites excluding steroid dienone is 4. The summed E-state index contributed by atoms with van der Waals surface area (Å²) < 4.78 is 23.4. The minimum atomic E-state index is -1.31. The van der Waals surface area contributed by atoms with E-state index in [0.717, 1.165) is 0 Å². The summed E-state index contributed by atoms with van der Waals surface area (Å²) in [5, 5.41) is 15.9. The van der Waals surface area contributed by atoms with E-state index < -0.39 is 11.8 Å². The predicted octanol–water partition coefficient (Wildman–Crippen LogP) is 5.85. The lowest BCUT2D eigenvalue weighted by Crippen LogP contribution is -2.14. The van der Waals surface area contributed by atoms with Gasteiger partial charge in [-0.15, -0.1) is 0 Å². The van der Waals surface area contributed by atoms with Gasteiger partial charge in [0.1, 0.15) is 17.1 Å². The zero-order chi connectivity index (χ0) is 26.0. The summed E-state index contributed by atoms with van der Waals surface area (Å²) in [4.78, 5) is 37.6. The predicted molar refractivity (Wildman–Crippen MR) is 136 cm³/mol. The van der Waals surface area contributed by atoms with Gasteiger partial charge in [-0.3, -0.25) is 9.59 Å². The first-order valence-electron chi connectivity index (χ1n) is 11.3. The van der Waals surface area contributed by atoms with E-state index in [4.69, 9.17) is 16.0 Å². The first-order chi connectivity index (χ1) is 17.8. The van der Waals surface area contributed by atoms with E-state index in [9.17, 15) is 19.5 Å². The molecule has 2 aromatic carbocycles. The van der Waals surface area contributed by atoms with Gasteiger partial charge in [0.2, 0.25) is 5.91 Å². The number of halogens is 2. The van der Waals surface area contributed by atoms with Crippen LogP contribution in [0.2, 0.25) is 5.02 Å². The van der Waals surface area contributed by atoms with Gasteiger partial charge in [-0.05, 0) is 29.8 Å². The molecule has 0 unspecified atom stereocenters. The van der Waals surface area contributed by atoms with Gasteiger partial charge < -0.3 is 14.1 Å². The summed E-state index contributed by atoms with van der Waals surface area (Å²) in [6, 6.07) is 5.98. The number of hydrogen-bond acceptors (Lipinski definition) is 5. The maximum absolute atomic E-state index is 15.1. The molecule has 0 spiro atoms. The third-order valence-electron chi connectivity index (χ3n) is 6.55. The van der Waals surface area contributed by atoms with Crippen LogP contribution in [-0.4, -0.2) is 37.1 Å². The SMILES string of the molecule is CC(=O)n1ncc2cc(Cl)c(Cn3c(C(=O)O)c(C4=CC=CCC4=O)c4c5occc5c(F)cc43)cc21. The highest BCUT2D eigenvalue weighted by molar-refractivity contribution is 6.32. The number of furan rings is 1. The van der Waals surface area contributed by atoms with Crippen LogP contribution in [0.4, 0.5) is 4.39 Å². The molecule has 8 nitrogen and oxygen atoms in total. The molecule has 37 heavy (non-hydrogen) atoms. The van der Waals surface area contributed by atoms with Crippen LogP contribution in [0, 0.1) is 5.82 Å². The second-order valence-electron chi connectivity index (χ2n) is 8.74. The Kier molecular flexibility index (Phi) is 5.13. The number of benzene rings is 2. The number of hydrogen-bond donors (Lipinski definition) is 1. The number of ketones is 1. The summed E-state index contributed by atoms with van der Waals surface area (Å²) in [6.07, 6.45) is 7.86. The molecule has 10 heteroatoms. The van der Waals surface area contributed by atoms with Gasteiger partial charge in [0.05, 0.1) is 34.3 Å². The summed E-state index contributed by atoms with van der Waals surface area (Å²) >= 11 is 6.56. The van der Waals surface area contributed by atoms with Crippen molar-refractivity contribution in [3.8, 4) is 0 Å². The van der Waals surface area contributed by atoms with Crippen LogP contribution in [0.15, 0.2) is 59.4 Å². The quantitative estimate of drug-likeness (QED) is 0.320. The Bertz CT molecular complexity index is 1890. The van der Waals surface area contributed by atoms with E-state index >= 15 is 4.39 Å². The molecule has 0 fully saturated rings. The van der Waals surface area contributed by atoms with E-state index in [0.29, 0.717) is 26.9 Å². The number of nitrogens with zero attached hydrogens (tertiary/aromatic N) is 3. The molecule has 0 amide bonds. The van der Waals surface area contributed by atoms with Gasteiger partial charge in [0.25, 0.3) is 0 Å². The first kappa shape index (κ1) is 22.9. The minimum absolute atomic E-state index is 0.0844. The van der Waals surface area contributed by atoms with Crippen molar-refractivity contribution in [2.75, 3.05) is 0 Å². The fraction of sp³-hybridized carbons (Fsp3) is 0.111. The maximum Gasteiger partial charge on any atom is 0.353 e. The summed E-state index contributed by atoms with van der Waals surface area (Å²) in [6.45, 7) is 1.29. The molecule has 0 saturated heterocycles. The smallest absolute Gasteiger partial charge is 0.353 e. The highest BCUT2D eigenvalue weighted by Crippen LogP contribution is 2.40. The van der Waals surface area contributed by atoms with Gasteiger partial charge in [-0.2, -0.15) is 5.10 Å². The summed E-state index contributed by atoms with van der Waals surface area (Å²) in [5.74, 6) is -2.47. The minimum Gasteiger partial charge on any atom is -0.477 e. The van der Waals surface area contributed by atoms with Gasteiger partial charge in [-0.1, -0.05) is 29.8 Å². The largest absolute Gasteiger partial charge is 0.477 e. The highest BCUT2D eigenvalue weighted by atomic mass is 35.5.